The SMILES string of the molecule is CC(C)N(C(=O)Cn1cnc2ccc(Br)cc2c1=O)C(C)C. The monoisotopic (exact) mass is 365 g/mol. The quantitative estimate of drug-likeness (QED) is 0.836. The van der Waals surface area contributed by atoms with Crippen LogP contribution < -0.4 is 5.56 Å². The van der Waals surface area contributed by atoms with E-state index in [1.165, 1.54) is 10.9 Å². The van der Waals surface area contributed by atoms with E-state index in [1.54, 1.807) is 17.0 Å². The molecule has 2 rings (SSSR count). The minimum atomic E-state index is -0.202. The molecule has 0 saturated carbocycles. The Kier molecular flexibility index (Phi) is 5.01. The van der Waals surface area contributed by atoms with E-state index >= 15 is 0 Å². The zero-order valence-electron chi connectivity index (χ0n) is 13.2. The number of nitrogens with zero attached hydrogens (tertiary/aromatic N) is 3. The molecule has 0 unspecified atom stereocenters. The molecule has 0 atom stereocenters. The third-order valence-corrected chi connectivity index (χ3v) is 3.99. The number of fused-ring (bicyclic) bond motifs is 1. The van der Waals surface area contributed by atoms with E-state index < -0.39 is 0 Å². The van der Waals surface area contributed by atoms with Crippen molar-refractivity contribution in [1.82, 2.24) is 14.5 Å². The van der Waals surface area contributed by atoms with Crippen molar-refractivity contribution in [1.29, 1.82) is 0 Å². The van der Waals surface area contributed by atoms with Crippen molar-refractivity contribution >= 4 is 32.7 Å². The first kappa shape index (κ1) is 16.7. The number of carbonyl (C=O) groups is 1. The summed E-state index contributed by atoms with van der Waals surface area (Å²) in [5, 5.41) is 0.505. The molecule has 6 heteroatoms. The molecule has 1 aromatic heterocycles. The number of carbonyl (C=O) groups excluding carboxylic acids is 1. The van der Waals surface area contributed by atoms with Gasteiger partial charge in [0.15, 0.2) is 0 Å². The predicted octanol–water partition coefficient (Wildman–Crippen LogP) is 2.80. The van der Waals surface area contributed by atoms with E-state index in [0.717, 1.165) is 4.47 Å². The Morgan fingerprint density at radius 1 is 1.27 bits per heavy atom. The Bertz CT molecular complexity index is 745. The molecule has 0 aliphatic carbocycles. The predicted molar refractivity (Wildman–Crippen MR) is 90.8 cm³/mol. The number of benzene rings is 1. The van der Waals surface area contributed by atoms with Crippen molar-refractivity contribution in [3.8, 4) is 0 Å². The Balaban J connectivity index is 2.38. The highest BCUT2D eigenvalue weighted by Crippen LogP contribution is 2.15. The number of aromatic nitrogens is 2. The minimum Gasteiger partial charge on any atom is -0.336 e. The van der Waals surface area contributed by atoms with Crippen LogP contribution in [0, 0.1) is 0 Å². The van der Waals surface area contributed by atoms with Crippen LogP contribution in [0.1, 0.15) is 27.7 Å². The summed E-state index contributed by atoms with van der Waals surface area (Å²) in [6.07, 6.45) is 1.44. The maximum Gasteiger partial charge on any atom is 0.261 e. The summed E-state index contributed by atoms with van der Waals surface area (Å²) in [6, 6.07) is 5.52. The molecule has 0 spiro atoms. The lowest BCUT2D eigenvalue weighted by molar-refractivity contribution is -0.135. The van der Waals surface area contributed by atoms with E-state index in [9.17, 15) is 9.59 Å². The fourth-order valence-corrected chi connectivity index (χ4v) is 3.00. The molecule has 0 saturated heterocycles. The Morgan fingerprint density at radius 3 is 2.50 bits per heavy atom. The molecule has 2 aromatic rings. The van der Waals surface area contributed by atoms with Gasteiger partial charge in [0.05, 0.1) is 17.2 Å². The van der Waals surface area contributed by atoms with Gasteiger partial charge in [-0.3, -0.25) is 14.2 Å². The minimum absolute atomic E-state index is 0.00461. The van der Waals surface area contributed by atoms with Crippen LogP contribution in [-0.4, -0.2) is 32.4 Å². The van der Waals surface area contributed by atoms with E-state index in [-0.39, 0.29) is 30.1 Å². The second-order valence-corrected chi connectivity index (χ2v) is 6.74. The molecule has 5 nitrogen and oxygen atoms in total. The fraction of sp³-hybridized carbons (Fsp3) is 0.438. The van der Waals surface area contributed by atoms with E-state index in [1.807, 2.05) is 33.8 Å². The molecule has 1 amide bonds. The molecule has 1 aromatic carbocycles. The molecule has 118 valence electrons. The van der Waals surface area contributed by atoms with Gasteiger partial charge in [-0.25, -0.2) is 4.98 Å². The summed E-state index contributed by atoms with van der Waals surface area (Å²) in [4.78, 5) is 31.0. The normalized spacial score (nSPS) is 11.4. The van der Waals surface area contributed by atoms with Gasteiger partial charge in [0, 0.05) is 16.6 Å². The summed E-state index contributed by atoms with van der Waals surface area (Å²) in [6.45, 7) is 7.88. The van der Waals surface area contributed by atoms with Crippen molar-refractivity contribution in [3.63, 3.8) is 0 Å². The van der Waals surface area contributed by atoms with Crippen LogP contribution in [0.5, 0.6) is 0 Å². The van der Waals surface area contributed by atoms with Crippen molar-refractivity contribution in [3.05, 3.63) is 39.4 Å². The summed E-state index contributed by atoms with van der Waals surface area (Å²) in [5.41, 5.74) is 0.425. The maximum absolute atomic E-state index is 12.5. The van der Waals surface area contributed by atoms with Crippen molar-refractivity contribution < 1.29 is 4.79 Å². The highest BCUT2D eigenvalue weighted by molar-refractivity contribution is 9.10. The largest absolute Gasteiger partial charge is 0.336 e. The molecular formula is C16H20BrN3O2. The number of halogens is 1. The molecular weight excluding hydrogens is 346 g/mol. The van der Waals surface area contributed by atoms with Crippen molar-refractivity contribution in [2.45, 2.75) is 46.3 Å². The van der Waals surface area contributed by atoms with E-state index in [2.05, 4.69) is 20.9 Å². The first-order chi connectivity index (χ1) is 10.3. The first-order valence-corrected chi connectivity index (χ1v) is 8.06. The first-order valence-electron chi connectivity index (χ1n) is 7.27. The van der Waals surface area contributed by atoms with Crippen LogP contribution in [-0.2, 0) is 11.3 Å². The summed E-state index contributed by atoms with van der Waals surface area (Å²) in [7, 11) is 0. The highest BCUT2D eigenvalue weighted by atomic mass is 79.9. The van der Waals surface area contributed by atoms with Gasteiger partial charge in [0.25, 0.3) is 5.56 Å². The second-order valence-electron chi connectivity index (χ2n) is 5.83. The summed E-state index contributed by atoms with van der Waals surface area (Å²) in [5.74, 6) is -0.0803. The van der Waals surface area contributed by atoms with Gasteiger partial charge in [-0.2, -0.15) is 0 Å². The van der Waals surface area contributed by atoms with Crippen LogP contribution >= 0.6 is 15.9 Å². The lowest BCUT2D eigenvalue weighted by atomic mass is 10.2. The van der Waals surface area contributed by atoms with Crippen LogP contribution in [0.2, 0.25) is 0 Å². The number of rotatable bonds is 4. The van der Waals surface area contributed by atoms with Gasteiger partial charge in [0.2, 0.25) is 5.91 Å². The van der Waals surface area contributed by atoms with Gasteiger partial charge >= 0.3 is 0 Å². The summed E-state index contributed by atoms with van der Waals surface area (Å²) < 4.78 is 2.18. The van der Waals surface area contributed by atoms with Gasteiger partial charge in [-0.1, -0.05) is 15.9 Å². The fourth-order valence-electron chi connectivity index (χ4n) is 2.64. The molecule has 0 radical (unpaired) electrons. The zero-order chi connectivity index (χ0) is 16.4. The standard InChI is InChI=1S/C16H20BrN3O2/c1-10(2)20(11(3)4)15(21)8-19-9-18-14-6-5-12(17)7-13(14)16(19)22/h5-7,9-11H,8H2,1-4H3. The van der Waals surface area contributed by atoms with Crippen molar-refractivity contribution in [2.24, 2.45) is 0 Å². The average Bonchev–Trinajstić information content (AvgIpc) is 2.41. The Labute approximate surface area is 138 Å². The number of hydrogen-bond acceptors (Lipinski definition) is 3. The van der Waals surface area contributed by atoms with Crippen LogP contribution in [0.3, 0.4) is 0 Å². The van der Waals surface area contributed by atoms with Crippen molar-refractivity contribution in [2.75, 3.05) is 0 Å². The third-order valence-electron chi connectivity index (χ3n) is 3.49. The van der Waals surface area contributed by atoms with Crippen LogP contribution in [0.25, 0.3) is 10.9 Å². The van der Waals surface area contributed by atoms with Gasteiger partial charge < -0.3 is 4.90 Å². The molecule has 1 heterocycles. The molecule has 22 heavy (non-hydrogen) atoms. The smallest absolute Gasteiger partial charge is 0.261 e. The van der Waals surface area contributed by atoms with Crippen LogP contribution in [0.4, 0.5) is 0 Å². The molecule has 0 aliphatic heterocycles. The number of amides is 1. The average molecular weight is 366 g/mol. The van der Waals surface area contributed by atoms with Crippen LogP contribution in [0.15, 0.2) is 33.8 Å². The Hall–Kier alpha value is -1.69. The number of hydrogen-bond donors (Lipinski definition) is 0. The molecule has 0 bridgehead atoms. The van der Waals surface area contributed by atoms with Gasteiger partial charge in [-0.05, 0) is 45.9 Å². The summed E-state index contributed by atoms with van der Waals surface area (Å²) >= 11 is 3.35. The van der Waals surface area contributed by atoms with Gasteiger partial charge in [-0.15, -0.1) is 0 Å². The topological polar surface area (TPSA) is 55.2 Å². The van der Waals surface area contributed by atoms with E-state index in [0.29, 0.717) is 10.9 Å². The lowest BCUT2D eigenvalue weighted by Gasteiger charge is -2.31. The molecule has 0 fully saturated rings. The zero-order valence-corrected chi connectivity index (χ0v) is 14.8. The highest BCUT2D eigenvalue weighted by Gasteiger charge is 2.20. The molecule has 0 N–H and O–H groups in total. The lowest BCUT2D eigenvalue weighted by Crippen LogP contribution is -2.44. The maximum atomic E-state index is 12.5. The Morgan fingerprint density at radius 2 is 1.91 bits per heavy atom. The third kappa shape index (κ3) is 3.38. The molecule has 0 aliphatic rings. The van der Waals surface area contributed by atoms with E-state index in [4.69, 9.17) is 0 Å². The van der Waals surface area contributed by atoms with Gasteiger partial charge in [0.1, 0.15) is 6.54 Å². The second kappa shape index (κ2) is 6.60.